The van der Waals surface area contributed by atoms with Gasteiger partial charge in [-0.3, -0.25) is 9.36 Å². The molecule has 192 valence electrons. The Bertz CT molecular complexity index is 1260. The summed E-state index contributed by atoms with van der Waals surface area (Å²) in [6.07, 6.45) is 3.01. The molecule has 1 saturated heterocycles. The first-order valence-corrected chi connectivity index (χ1v) is 12.1. The summed E-state index contributed by atoms with van der Waals surface area (Å²) in [5.41, 5.74) is 5.88. The first-order chi connectivity index (χ1) is 17.3. The Morgan fingerprint density at radius 3 is 2.53 bits per heavy atom. The number of hydrogen-bond acceptors (Lipinski definition) is 7. The lowest BCUT2D eigenvalue weighted by atomic mass is 9.85. The molecule has 1 amide bonds. The van der Waals surface area contributed by atoms with E-state index in [0.29, 0.717) is 49.9 Å². The van der Waals surface area contributed by atoms with Crippen LogP contribution in [0.3, 0.4) is 0 Å². The Morgan fingerprint density at radius 2 is 1.86 bits per heavy atom. The molecule has 0 unspecified atom stereocenters. The molecule has 2 fully saturated rings. The number of nitrogens with two attached hydrogens (primary N) is 1. The maximum atomic E-state index is 14.6. The standard InChI is InChI=1S/C23H25ClF3N7O2/c24-12-7-14(25)19(15(26)8-12)32-23-31-18-9-29-22(30-17-5-6-36-10-16(17)27)33-21(18)34(23)13-3-1-11(2-4-13)20(28)35/h7-9,11,13,16-17H,1-6,10H2,(H2,28,35)(H,31,32)(H,29,30,33)/t11-,13+,16-,17-/m1/s1. The van der Waals surface area contributed by atoms with Crippen LogP contribution in [0.1, 0.15) is 38.1 Å². The van der Waals surface area contributed by atoms with Crippen molar-refractivity contribution in [1.82, 2.24) is 19.5 Å². The number of hydrogen-bond donors (Lipinski definition) is 3. The molecule has 3 heterocycles. The molecule has 1 aliphatic heterocycles. The van der Waals surface area contributed by atoms with Crippen molar-refractivity contribution in [3.63, 3.8) is 0 Å². The number of nitrogens with zero attached hydrogens (tertiary/aromatic N) is 4. The fourth-order valence-corrected chi connectivity index (χ4v) is 5.01. The molecule has 0 bridgehead atoms. The molecule has 36 heavy (non-hydrogen) atoms. The molecule has 1 aliphatic carbocycles. The number of carbonyl (C=O) groups is 1. The van der Waals surface area contributed by atoms with E-state index in [2.05, 4.69) is 25.6 Å². The predicted octanol–water partition coefficient (Wildman–Crippen LogP) is 4.26. The molecule has 2 atom stereocenters. The van der Waals surface area contributed by atoms with Crippen LogP contribution in [0.2, 0.25) is 5.02 Å². The van der Waals surface area contributed by atoms with E-state index in [9.17, 15) is 18.0 Å². The fourth-order valence-electron chi connectivity index (χ4n) is 4.82. The SMILES string of the molecule is NC(=O)[C@H]1CC[C@@H](n2c(Nc3c(F)cc(Cl)cc3F)nc3cnc(N[C@@H]4CCOC[C@H]4F)nc32)CC1. The third-order valence-electron chi connectivity index (χ3n) is 6.74. The number of ether oxygens (including phenoxy) is 1. The third kappa shape index (κ3) is 4.92. The van der Waals surface area contributed by atoms with Gasteiger partial charge in [0, 0.05) is 23.6 Å². The second-order valence-electron chi connectivity index (χ2n) is 9.12. The molecule has 9 nitrogen and oxygen atoms in total. The molecule has 13 heteroatoms. The van der Waals surface area contributed by atoms with Crippen LogP contribution in [0, 0.1) is 17.6 Å². The van der Waals surface area contributed by atoms with E-state index in [1.807, 2.05) is 0 Å². The van der Waals surface area contributed by atoms with Crippen LogP contribution in [0.25, 0.3) is 11.2 Å². The van der Waals surface area contributed by atoms with Crippen molar-refractivity contribution in [2.24, 2.45) is 11.7 Å². The summed E-state index contributed by atoms with van der Waals surface area (Å²) < 4.78 is 50.3. The van der Waals surface area contributed by atoms with E-state index >= 15 is 0 Å². The summed E-state index contributed by atoms with van der Waals surface area (Å²) in [6, 6.07) is 1.32. The number of amides is 1. The zero-order chi connectivity index (χ0) is 25.4. The van der Waals surface area contributed by atoms with Crippen LogP contribution < -0.4 is 16.4 Å². The van der Waals surface area contributed by atoms with Crippen LogP contribution >= 0.6 is 11.6 Å². The molecule has 5 rings (SSSR count). The summed E-state index contributed by atoms with van der Waals surface area (Å²) in [7, 11) is 0. The van der Waals surface area contributed by atoms with Gasteiger partial charge in [0.15, 0.2) is 17.3 Å². The molecule has 0 radical (unpaired) electrons. The maximum Gasteiger partial charge on any atom is 0.225 e. The molecule has 2 aromatic heterocycles. The zero-order valence-corrected chi connectivity index (χ0v) is 19.9. The van der Waals surface area contributed by atoms with Gasteiger partial charge in [-0.2, -0.15) is 4.98 Å². The van der Waals surface area contributed by atoms with Crippen LogP contribution in [-0.4, -0.2) is 50.9 Å². The number of primary amides is 1. The van der Waals surface area contributed by atoms with Crippen molar-refractivity contribution in [2.45, 2.75) is 50.4 Å². The monoisotopic (exact) mass is 523 g/mol. The first kappa shape index (κ1) is 24.6. The van der Waals surface area contributed by atoms with Gasteiger partial charge in [0.2, 0.25) is 17.8 Å². The second kappa shape index (κ2) is 10.1. The number of halogens is 4. The van der Waals surface area contributed by atoms with E-state index in [1.165, 1.54) is 6.20 Å². The molecular formula is C23H25ClF3N7O2. The van der Waals surface area contributed by atoms with Gasteiger partial charge in [-0.25, -0.2) is 23.1 Å². The topological polar surface area (TPSA) is 120 Å². The first-order valence-electron chi connectivity index (χ1n) is 11.7. The minimum absolute atomic E-state index is 0.00671. The van der Waals surface area contributed by atoms with E-state index < -0.39 is 29.5 Å². The van der Waals surface area contributed by atoms with Crippen molar-refractivity contribution < 1.29 is 22.7 Å². The van der Waals surface area contributed by atoms with Gasteiger partial charge in [-0.1, -0.05) is 11.6 Å². The van der Waals surface area contributed by atoms with Gasteiger partial charge in [0.05, 0.1) is 18.8 Å². The lowest BCUT2D eigenvalue weighted by Gasteiger charge is -2.29. The Balaban J connectivity index is 1.53. The highest BCUT2D eigenvalue weighted by molar-refractivity contribution is 6.30. The number of carbonyl (C=O) groups excluding carboxylic acids is 1. The minimum Gasteiger partial charge on any atom is -0.378 e. The summed E-state index contributed by atoms with van der Waals surface area (Å²) in [6.45, 7) is 0.418. The van der Waals surface area contributed by atoms with E-state index in [-0.39, 0.29) is 41.4 Å². The lowest BCUT2D eigenvalue weighted by Crippen LogP contribution is -2.39. The van der Waals surface area contributed by atoms with Crippen molar-refractivity contribution in [3.05, 3.63) is 35.0 Å². The van der Waals surface area contributed by atoms with Gasteiger partial charge in [0.25, 0.3) is 0 Å². The molecule has 3 aromatic rings. The summed E-state index contributed by atoms with van der Waals surface area (Å²) in [4.78, 5) is 25.0. The van der Waals surface area contributed by atoms with Crippen LogP contribution in [-0.2, 0) is 9.53 Å². The van der Waals surface area contributed by atoms with Gasteiger partial charge in [-0.05, 0) is 44.2 Å². The Labute approximate surface area is 209 Å². The number of rotatable bonds is 6. The average molecular weight is 524 g/mol. The average Bonchev–Trinajstić information content (AvgIpc) is 3.20. The maximum absolute atomic E-state index is 14.6. The van der Waals surface area contributed by atoms with Crippen molar-refractivity contribution in [1.29, 1.82) is 0 Å². The summed E-state index contributed by atoms with van der Waals surface area (Å²) in [5.74, 6) is -1.97. The number of fused-ring (bicyclic) bond motifs is 1. The number of benzene rings is 1. The fraction of sp³-hybridized carbons (Fsp3) is 0.478. The highest BCUT2D eigenvalue weighted by Crippen LogP contribution is 2.37. The van der Waals surface area contributed by atoms with Crippen LogP contribution in [0.4, 0.5) is 30.8 Å². The van der Waals surface area contributed by atoms with Gasteiger partial charge >= 0.3 is 0 Å². The highest BCUT2D eigenvalue weighted by atomic mass is 35.5. The second-order valence-corrected chi connectivity index (χ2v) is 9.55. The van der Waals surface area contributed by atoms with Crippen molar-refractivity contribution in [3.8, 4) is 0 Å². The highest BCUT2D eigenvalue weighted by Gasteiger charge is 2.30. The Hall–Kier alpha value is -3.12. The number of imidazole rings is 1. The normalized spacial score (nSPS) is 24.6. The Morgan fingerprint density at radius 1 is 1.14 bits per heavy atom. The van der Waals surface area contributed by atoms with Crippen molar-refractivity contribution in [2.75, 3.05) is 23.8 Å². The van der Waals surface area contributed by atoms with E-state index in [1.54, 1.807) is 4.57 Å². The summed E-state index contributed by atoms with van der Waals surface area (Å²) in [5, 5.41) is 5.70. The van der Waals surface area contributed by atoms with E-state index in [4.69, 9.17) is 22.1 Å². The smallest absolute Gasteiger partial charge is 0.225 e. The molecule has 1 aromatic carbocycles. The lowest BCUT2D eigenvalue weighted by molar-refractivity contribution is -0.122. The molecule has 1 saturated carbocycles. The zero-order valence-electron chi connectivity index (χ0n) is 19.2. The number of alkyl halides is 1. The van der Waals surface area contributed by atoms with E-state index in [0.717, 1.165) is 12.1 Å². The van der Waals surface area contributed by atoms with Gasteiger partial charge in [0.1, 0.15) is 17.4 Å². The van der Waals surface area contributed by atoms with Gasteiger partial charge in [-0.15, -0.1) is 0 Å². The largest absolute Gasteiger partial charge is 0.378 e. The minimum atomic E-state index is -1.21. The van der Waals surface area contributed by atoms with Crippen molar-refractivity contribution >= 4 is 46.3 Å². The number of nitrogens with one attached hydrogen (secondary N) is 2. The number of aromatic nitrogens is 4. The predicted molar refractivity (Wildman–Crippen MR) is 128 cm³/mol. The van der Waals surface area contributed by atoms with Gasteiger partial charge < -0.3 is 21.1 Å². The van der Waals surface area contributed by atoms with Crippen LogP contribution in [0.15, 0.2) is 18.3 Å². The molecule has 0 spiro atoms. The van der Waals surface area contributed by atoms with Crippen LogP contribution in [0.5, 0.6) is 0 Å². The number of anilines is 3. The quantitative estimate of drug-likeness (QED) is 0.441. The molecule has 2 aliphatic rings. The third-order valence-corrected chi connectivity index (χ3v) is 6.96. The molecular weight excluding hydrogens is 499 g/mol. The summed E-state index contributed by atoms with van der Waals surface area (Å²) >= 11 is 5.76. The Kier molecular flexibility index (Phi) is 6.89. The molecule has 4 N–H and O–H groups in total.